The highest BCUT2D eigenvalue weighted by molar-refractivity contribution is 5.84. The molecule has 8 heteroatoms. The quantitative estimate of drug-likeness (QED) is 0.478. The Morgan fingerprint density at radius 2 is 2.04 bits per heavy atom. The minimum Gasteiger partial charge on any atom is -0.504 e. The number of hydrogen-bond acceptors (Lipinski definition) is 6. The Bertz CT molecular complexity index is 772. The summed E-state index contributed by atoms with van der Waals surface area (Å²) in [5.41, 5.74) is 3.61. The molecule has 0 fully saturated rings. The van der Waals surface area contributed by atoms with Crippen molar-refractivity contribution in [1.82, 2.24) is 5.43 Å². The third-order valence-electron chi connectivity index (χ3n) is 3.12. The molecule has 0 radical (unpaired) electrons. The summed E-state index contributed by atoms with van der Waals surface area (Å²) in [5, 5.41) is 23.9. The number of nitrogens with zero attached hydrogens (tertiary/aromatic N) is 2. The van der Waals surface area contributed by atoms with E-state index in [2.05, 4.69) is 10.5 Å². The molecule has 0 atom stereocenters. The lowest BCUT2D eigenvalue weighted by Gasteiger charge is -2.03. The molecule has 0 spiro atoms. The summed E-state index contributed by atoms with van der Waals surface area (Å²) in [6.07, 6.45) is 1.46. The number of phenols is 1. The van der Waals surface area contributed by atoms with E-state index >= 15 is 0 Å². The summed E-state index contributed by atoms with van der Waals surface area (Å²) in [5.74, 6) is -0.0427. The third-order valence-corrected chi connectivity index (χ3v) is 3.12. The van der Waals surface area contributed by atoms with Crippen molar-refractivity contribution in [1.29, 1.82) is 0 Å². The van der Waals surface area contributed by atoms with Crippen molar-refractivity contribution in [2.24, 2.45) is 5.10 Å². The van der Waals surface area contributed by atoms with Crippen molar-refractivity contribution in [2.75, 3.05) is 7.11 Å². The largest absolute Gasteiger partial charge is 0.504 e. The molecule has 0 heterocycles. The zero-order valence-corrected chi connectivity index (χ0v) is 12.8. The van der Waals surface area contributed by atoms with Crippen molar-refractivity contribution in [2.45, 2.75) is 6.42 Å². The second kappa shape index (κ2) is 7.73. The number of ether oxygens (including phenoxy) is 1. The molecule has 2 N–H and O–H groups in total. The van der Waals surface area contributed by atoms with Gasteiger partial charge < -0.3 is 9.84 Å². The highest BCUT2D eigenvalue weighted by atomic mass is 16.6. The van der Waals surface area contributed by atoms with Crippen LogP contribution in [0.1, 0.15) is 11.1 Å². The van der Waals surface area contributed by atoms with Crippen LogP contribution in [0.25, 0.3) is 0 Å². The van der Waals surface area contributed by atoms with Gasteiger partial charge >= 0.3 is 0 Å². The Balaban J connectivity index is 1.91. The van der Waals surface area contributed by atoms with Gasteiger partial charge in [0.1, 0.15) is 0 Å². The summed E-state index contributed by atoms with van der Waals surface area (Å²) in [7, 11) is 1.43. The first-order chi connectivity index (χ1) is 11.5. The Labute approximate surface area is 137 Å². The molecule has 24 heavy (non-hydrogen) atoms. The first-order valence-corrected chi connectivity index (χ1v) is 6.92. The van der Waals surface area contributed by atoms with Crippen LogP contribution in [0.2, 0.25) is 0 Å². The van der Waals surface area contributed by atoms with Crippen LogP contribution in [0.5, 0.6) is 11.5 Å². The number of nitro groups is 1. The maximum Gasteiger partial charge on any atom is 0.269 e. The van der Waals surface area contributed by atoms with E-state index in [0.717, 1.165) is 0 Å². The van der Waals surface area contributed by atoms with Gasteiger partial charge in [-0.3, -0.25) is 14.9 Å². The number of hydrazone groups is 1. The van der Waals surface area contributed by atoms with Crippen LogP contribution in [0.15, 0.2) is 47.6 Å². The predicted molar refractivity (Wildman–Crippen MR) is 87.2 cm³/mol. The van der Waals surface area contributed by atoms with Gasteiger partial charge in [0, 0.05) is 12.1 Å². The number of carbonyl (C=O) groups is 1. The van der Waals surface area contributed by atoms with Crippen molar-refractivity contribution in [3.63, 3.8) is 0 Å². The molecule has 1 amide bonds. The highest BCUT2D eigenvalue weighted by Crippen LogP contribution is 2.25. The number of nitro benzene ring substituents is 1. The summed E-state index contributed by atoms with van der Waals surface area (Å²) >= 11 is 0. The number of benzene rings is 2. The van der Waals surface area contributed by atoms with Crippen LogP contribution >= 0.6 is 0 Å². The van der Waals surface area contributed by atoms with Gasteiger partial charge in [-0.1, -0.05) is 12.1 Å². The van der Waals surface area contributed by atoms with Crippen LogP contribution in [0.4, 0.5) is 5.69 Å². The molecule has 0 bridgehead atoms. The number of hydrogen-bond donors (Lipinski definition) is 2. The number of phenolic OH excluding ortho intramolecular Hbond substituents is 1. The molecular weight excluding hydrogens is 314 g/mol. The Kier molecular flexibility index (Phi) is 5.45. The van der Waals surface area contributed by atoms with E-state index in [-0.39, 0.29) is 23.8 Å². The predicted octanol–water partition coefficient (Wildman–Crippen LogP) is 2.00. The van der Waals surface area contributed by atoms with Crippen LogP contribution in [-0.4, -0.2) is 29.3 Å². The minimum absolute atomic E-state index is 0.0110. The SMILES string of the molecule is COc1cc(C=NNC(=O)Cc2ccc([N+](=O)[O-])cc2)ccc1O. The van der Waals surface area contributed by atoms with Gasteiger partial charge in [-0.2, -0.15) is 5.10 Å². The fourth-order valence-corrected chi connectivity index (χ4v) is 1.91. The number of amides is 1. The van der Waals surface area contributed by atoms with Gasteiger partial charge in [0.15, 0.2) is 11.5 Å². The molecule has 0 aliphatic heterocycles. The monoisotopic (exact) mass is 329 g/mol. The molecule has 0 saturated carbocycles. The summed E-state index contributed by atoms with van der Waals surface area (Å²) < 4.78 is 4.97. The van der Waals surface area contributed by atoms with Gasteiger partial charge in [0.05, 0.1) is 24.7 Å². The van der Waals surface area contributed by atoms with Crippen molar-refractivity contribution in [3.8, 4) is 11.5 Å². The molecule has 0 aromatic heterocycles. The first kappa shape index (κ1) is 16.9. The van der Waals surface area contributed by atoms with E-state index in [9.17, 15) is 20.0 Å². The second-order valence-corrected chi connectivity index (χ2v) is 4.82. The zero-order chi connectivity index (χ0) is 17.5. The highest BCUT2D eigenvalue weighted by Gasteiger charge is 2.07. The summed E-state index contributed by atoms with van der Waals surface area (Å²) in [6, 6.07) is 10.4. The average molecular weight is 329 g/mol. The molecule has 2 aromatic rings. The Morgan fingerprint density at radius 3 is 2.67 bits per heavy atom. The van der Waals surface area contributed by atoms with E-state index in [0.29, 0.717) is 16.9 Å². The number of aromatic hydroxyl groups is 1. The lowest BCUT2D eigenvalue weighted by Crippen LogP contribution is -2.19. The van der Waals surface area contributed by atoms with Crippen molar-refractivity contribution < 1.29 is 19.6 Å². The van der Waals surface area contributed by atoms with Crippen LogP contribution < -0.4 is 10.2 Å². The Morgan fingerprint density at radius 1 is 1.33 bits per heavy atom. The molecule has 0 aliphatic rings. The number of non-ortho nitro benzene ring substituents is 1. The summed E-state index contributed by atoms with van der Waals surface area (Å²) in [6.45, 7) is 0. The maximum atomic E-state index is 11.8. The fraction of sp³-hybridized carbons (Fsp3) is 0.125. The first-order valence-electron chi connectivity index (χ1n) is 6.92. The molecule has 8 nitrogen and oxygen atoms in total. The van der Waals surface area contributed by atoms with Crippen molar-refractivity contribution >= 4 is 17.8 Å². The van der Waals surface area contributed by atoms with Crippen LogP contribution in [0.3, 0.4) is 0 Å². The van der Waals surface area contributed by atoms with Crippen molar-refractivity contribution in [3.05, 3.63) is 63.7 Å². The molecule has 0 saturated heterocycles. The minimum atomic E-state index is -0.500. The summed E-state index contributed by atoms with van der Waals surface area (Å²) in [4.78, 5) is 21.8. The van der Waals surface area contributed by atoms with E-state index < -0.39 is 4.92 Å². The van der Waals surface area contributed by atoms with Gasteiger partial charge in [-0.25, -0.2) is 5.43 Å². The Hall–Kier alpha value is -3.42. The fourth-order valence-electron chi connectivity index (χ4n) is 1.91. The van der Waals surface area contributed by atoms with Gasteiger partial charge in [-0.05, 0) is 29.3 Å². The van der Waals surface area contributed by atoms with E-state index in [1.807, 2.05) is 0 Å². The molecule has 2 aromatic carbocycles. The van der Waals surface area contributed by atoms with Gasteiger partial charge in [0.2, 0.25) is 5.91 Å². The lowest BCUT2D eigenvalue weighted by molar-refractivity contribution is -0.384. The van der Waals surface area contributed by atoms with Gasteiger partial charge in [-0.15, -0.1) is 0 Å². The average Bonchev–Trinajstić information content (AvgIpc) is 2.56. The maximum absolute atomic E-state index is 11.8. The number of nitrogens with one attached hydrogen (secondary N) is 1. The molecule has 2 rings (SSSR count). The second-order valence-electron chi connectivity index (χ2n) is 4.82. The third kappa shape index (κ3) is 4.54. The number of carbonyl (C=O) groups excluding carboxylic acids is 1. The molecule has 124 valence electrons. The smallest absolute Gasteiger partial charge is 0.269 e. The number of rotatable bonds is 6. The molecule has 0 aliphatic carbocycles. The zero-order valence-electron chi connectivity index (χ0n) is 12.8. The normalized spacial score (nSPS) is 10.5. The topological polar surface area (TPSA) is 114 Å². The number of methoxy groups -OCH3 is 1. The van der Waals surface area contributed by atoms with Crippen LogP contribution in [0, 0.1) is 10.1 Å². The standard InChI is InChI=1S/C16H15N3O5/c1-24-15-8-12(4-7-14(15)20)10-17-18-16(21)9-11-2-5-13(6-3-11)19(22)23/h2-8,10,20H,9H2,1H3,(H,18,21). The lowest BCUT2D eigenvalue weighted by atomic mass is 10.1. The van der Waals surface area contributed by atoms with E-state index in [4.69, 9.17) is 4.74 Å². The molecular formula is C16H15N3O5. The van der Waals surface area contributed by atoms with E-state index in [1.165, 1.54) is 43.7 Å². The molecule has 0 unspecified atom stereocenters. The van der Waals surface area contributed by atoms with E-state index in [1.54, 1.807) is 12.1 Å². The van der Waals surface area contributed by atoms with Crippen LogP contribution in [-0.2, 0) is 11.2 Å². The van der Waals surface area contributed by atoms with Gasteiger partial charge in [0.25, 0.3) is 5.69 Å².